The summed E-state index contributed by atoms with van der Waals surface area (Å²) in [4.78, 5) is 0. The zero-order chi connectivity index (χ0) is 16.7. The quantitative estimate of drug-likeness (QED) is 0.472. The number of hydrogen-bond donors (Lipinski definition) is 5. The van der Waals surface area contributed by atoms with E-state index in [0.29, 0.717) is 23.6 Å². The molecule has 2 rings (SSSR count). The molecule has 124 valence electrons. The fourth-order valence-electron chi connectivity index (χ4n) is 2.18. The highest BCUT2D eigenvalue weighted by molar-refractivity contribution is 5.56. The van der Waals surface area contributed by atoms with Crippen LogP contribution in [0.5, 0.6) is 5.75 Å². The summed E-state index contributed by atoms with van der Waals surface area (Å²) < 4.78 is 5.67. The minimum atomic E-state index is -0.541. The number of anilines is 1. The molecule has 23 heavy (non-hydrogen) atoms. The lowest BCUT2D eigenvalue weighted by atomic mass is 9.99. The van der Waals surface area contributed by atoms with Crippen LogP contribution in [-0.4, -0.2) is 39.2 Å². The van der Waals surface area contributed by atoms with Gasteiger partial charge in [0, 0.05) is 17.3 Å². The summed E-state index contributed by atoms with van der Waals surface area (Å²) in [7, 11) is 0. The lowest BCUT2D eigenvalue weighted by Gasteiger charge is -2.20. The number of hydrazine groups is 1. The number of nitrogens with zero attached hydrogens (tertiary/aromatic N) is 1. The molecule has 7 heteroatoms. The van der Waals surface area contributed by atoms with Crippen LogP contribution in [0.3, 0.4) is 0 Å². The van der Waals surface area contributed by atoms with E-state index in [-0.39, 0.29) is 18.5 Å². The molecule has 0 amide bonds. The van der Waals surface area contributed by atoms with Gasteiger partial charge in [0.25, 0.3) is 0 Å². The Bertz CT molecular complexity index is 603. The van der Waals surface area contributed by atoms with Crippen LogP contribution in [0.2, 0.25) is 0 Å². The number of benzene rings is 2. The van der Waals surface area contributed by atoms with Crippen molar-refractivity contribution in [1.29, 1.82) is 0 Å². The Labute approximate surface area is 133 Å². The van der Waals surface area contributed by atoms with Crippen molar-refractivity contribution in [3.8, 4) is 5.75 Å². The molecule has 0 aliphatic heterocycles. The molecule has 5 N–H and O–H groups in total. The van der Waals surface area contributed by atoms with E-state index in [9.17, 15) is 10.2 Å². The molecular formula is C16H20N2O5. The molecule has 2 aromatic carbocycles. The molecule has 0 aliphatic carbocycles. The second kappa shape index (κ2) is 8.47. The first-order valence-electron chi connectivity index (χ1n) is 7.11. The van der Waals surface area contributed by atoms with Gasteiger partial charge in [-0.3, -0.25) is 15.8 Å². The third-order valence-corrected chi connectivity index (χ3v) is 3.37. The van der Waals surface area contributed by atoms with E-state index in [2.05, 4.69) is 5.43 Å². The second-order valence-electron chi connectivity index (χ2n) is 4.99. The van der Waals surface area contributed by atoms with Crippen molar-refractivity contribution in [3.63, 3.8) is 0 Å². The summed E-state index contributed by atoms with van der Waals surface area (Å²) in [5.41, 5.74) is 4.15. The molecule has 0 heterocycles. The SMILES string of the molecule is OCC(CO)c1ccc(OCc2ccccc2)cc1NN(O)O. The molecule has 0 fully saturated rings. The number of rotatable bonds is 8. The minimum absolute atomic E-state index is 0.189. The highest BCUT2D eigenvalue weighted by Gasteiger charge is 2.16. The maximum absolute atomic E-state index is 9.30. The van der Waals surface area contributed by atoms with Gasteiger partial charge in [0.1, 0.15) is 12.4 Å². The monoisotopic (exact) mass is 320 g/mol. The van der Waals surface area contributed by atoms with Crippen LogP contribution in [-0.2, 0) is 6.61 Å². The van der Waals surface area contributed by atoms with E-state index in [0.717, 1.165) is 5.56 Å². The molecule has 0 unspecified atom stereocenters. The topological polar surface area (TPSA) is 105 Å². The van der Waals surface area contributed by atoms with Crippen LogP contribution in [0.4, 0.5) is 5.69 Å². The van der Waals surface area contributed by atoms with E-state index in [1.807, 2.05) is 30.3 Å². The van der Waals surface area contributed by atoms with Crippen LogP contribution in [0.25, 0.3) is 0 Å². The number of aliphatic hydroxyl groups is 2. The standard InChI is InChI=1S/C16H20N2O5/c19-9-13(10-20)15-7-6-14(8-16(15)17-18(21)22)23-11-12-4-2-1-3-5-12/h1-8,13,17,19-22H,9-11H2. The number of hydrogen-bond acceptors (Lipinski definition) is 7. The van der Waals surface area contributed by atoms with Crippen molar-refractivity contribution in [3.05, 3.63) is 59.7 Å². The Balaban J connectivity index is 2.18. The second-order valence-corrected chi connectivity index (χ2v) is 4.99. The average molecular weight is 320 g/mol. The van der Waals surface area contributed by atoms with Crippen molar-refractivity contribution < 1.29 is 25.4 Å². The van der Waals surface area contributed by atoms with Crippen molar-refractivity contribution in [2.24, 2.45) is 0 Å². The van der Waals surface area contributed by atoms with Crippen LogP contribution in [0.1, 0.15) is 17.0 Å². The molecule has 2 aromatic rings. The van der Waals surface area contributed by atoms with Gasteiger partial charge in [0.2, 0.25) is 0 Å². The van der Waals surface area contributed by atoms with Gasteiger partial charge in [0.15, 0.2) is 0 Å². The first kappa shape index (κ1) is 17.2. The molecule has 7 nitrogen and oxygen atoms in total. The lowest BCUT2D eigenvalue weighted by molar-refractivity contribution is -0.288. The molecule has 0 radical (unpaired) electrons. The van der Waals surface area contributed by atoms with Gasteiger partial charge in [-0.2, -0.15) is 0 Å². The summed E-state index contributed by atoms with van der Waals surface area (Å²) in [5, 5.41) is 36.4. The molecule has 0 spiro atoms. The highest BCUT2D eigenvalue weighted by atomic mass is 16.8. The predicted octanol–water partition coefficient (Wildman–Crippen LogP) is 1.74. The Hall–Kier alpha value is -2.16. The van der Waals surface area contributed by atoms with Gasteiger partial charge in [-0.25, -0.2) is 0 Å². The van der Waals surface area contributed by atoms with Crippen molar-refractivity contribution in [2.45, 2.75) is 12.5 Å². The summed E-state index contributed by atoms with van der Waals surface area (Å²) in [6.07, 6.45) is 0. The summed E-state index contributed by atoms with van der Waals surface area (Å²) in [6, 6.07) is 14.5. The molecule has 0 saturated carbocycles. The van der Waals surface area contributed by atoms with E-state index in [4.69, 9.17) is 15.2 Å². The van der Waals surface area contributed by atoms with Gasteiger partial charge in [-0.05, 0) is 17.2 Å². The fourth-order valence-corrected chi connectivity index (χ4v) is 2.18. The first-order chi connectivity index (χ1) is 11.1. The van der Waals surface area contributed by atoms with Gasteiger partial charge in [-0.1, -0.05) is 36.4 Å². The summed E-state index contributed by atoms with van der Waals surface area (Å²) >= 11 is 0. The molecule has 0 saturated heterocycles. The summed E-state index contributed by atoms with van der Waals surface area (Å²) in [5.74, 6) is -0.0304. The fraction of sp³-hybridized carbons (Fsp3) is 0.250. The van der Waals surface area contributed by atoms with Crippen LogP contribution in [0.15, 0.2) is 48.5 Å². The van der Waals surface area contributed by atoms with Crippen molar-refractivity contribution in [1.82, 2.24) is 5.34 Å². The molecular weight excluding hydrogens is 300 g/mol. The van der Waals surface area contributed by atoms with Gasteiger partial charge in [-0.15, -0.1) is 0 Å². The largest absolute Gasteiger partial charge is 0.489 e. The number of aliphatic hydroxyl groups excluding tert-OH is 2. The molecule has 0 atom stereocenters. The smallest absolute Gasteiger partial charge is 0.121 e. The Morgan fingerprint density at radius 2 is 1.70 bits per heavy atom. The Morgan fingerprint density at radius 3 is 2.30 bits per heavy atom. The molecule has 0 aromatic heterocycles. The van der Waals surface area contributed by atoms with Gasteiger partial charge < -0.3 is 14.9 Å². The van der Waals surface area contributed by atoms with E-state index >= 15 is 0 Å². The van der Waals surface area contributed by atoms with Crippen LogP contribution in [0, 0.1) is 0 Å². The van der Waals surface area contributed by atoms with E-state index in [1.54, 1.807) is 18.2 Å². The highest BCUT2D eigenvalue weighted by Crippen LogP contribution is 2.29. The van der Waals surface area contributed by atoms with Crippen LogP contribution < -0.4 is 10.2 Å². The Kier molecular flexibility index (Phi) is 6.33. The molecule has 0 aliphatic rings. The predicted molar refractivity (Wildman–Crippen MR) is 83.2 cm³/mol. The normalized spacial score (nSPS) is 11.0. The maximum Gasteiger partial charge on any atom is 0.121 e. The van der Waals surface area contributed by atoms with E-state index in [1.165, 1.54) is 0 Å². The maximum atomic E-state index is 9.30. The first-order valence-corrected chi connectivity index (χ1v) is 7.11. The third-order valence-electron chi connectivity index (χ3n) is 3.37. The summed E-state index contributed by atoms with van der Waals surface area (Å²) in [6.45, 7) is -0.177. The average Bonchev–Trinajstić information content (AvgIpc) is 2.56. The zero-order valence-electron chi connectivity index (χ0n) is 12.5. The number of ether oxygens (including phenoxy) is 1. The van der Waals surface area contributed by atoms with Crippen molar-refractivity contribution in [2.75, 3.05) is 18.6 Å². The zero-order valence-corrected chi connectivity index (χ0v) is 12.5. The lowest BCUT2D eigenvalue weighted by Crippen LogP contribution is -2.23. The van der Waals surface area contributed by atoms with Gasteiger partial charge >= 0.3 is 0 Å². The number of nitrogens with one attached hydrogen (secondary N) is 1. The van der Waals surface area contributed by atoms with Gasteiger partial charge in [0.05, 0.1) is 18.9 Å². The molecule has 0 bridgehead atoms. The van der Waals surface area contributed by atoms with E-state index < -0.39 is 5.92 Å². The minimum Gasteiger partial charge on any atom is -0.489 e. The van der Waals surface area contributed by atoms with Crippen LogP contribution >= 0.6 is 0 Å². The van der Waals surface area contributed by atoms with Crippen molar-refractivity contribution >= 4 is 5.69 Å². The third kappa shape index (κ3) is 4.92. The Morgan fingerprint density at radius 1 is 1.00 bits per heavy atom.